The minimum Gasteiger partial charge on any atom is -0.497 e. The molecule has 27 heavy (non-hydrogen) atoms. The van der Waals surface area contributed by atoms with Crippen molar-refractivity contribution in [3.05, 3.63) is 24.3 Å². The Morgan fingerprint density at radius 1 is 1.19 bits per heavy atom. The molecular weight excluding hydrogens is 457 g/mol. The molecule has 154 valence electrons. The number of guanidine groups is 1. The van der Waals surface area contributed by atoms with Gasteiger partial charge in [0.15, 0.2) is 5.96 Å². The highest BCUT2D eigenvalue weighted by molar-refractivity contribution is 14.0. The molecule has 0 aliphatic carbocycles. The fraction of sp³-hybridized carbons (Fsp3) is 0.632. The molecule has 2 rings (SSSR count). The van der Waals surface area contributed by atoms with Crippen LogP contribution >= 0.6 is 24.0 Å². The number of rotatable bonds is 8. The molecule has 1 aromatic carbocycles. The fourth-order valence-electron chi connectivity index (χ4n) is 3.03. The quantitative estimate of drug-likeness (QED) is 0.339. The Balaban J connectivity index is 0.00000364. The molecule has 0 bridgehead atoms. The molecule has 1 fully saturated rings. The number of halogens is 1. The van der Waals surface area contributed by atoms with E-state index in [1.165, 1.54) is 5.69 Å². The minimum absolute atomic E-state index is 0. The van der Waals surface area contributed by atoms with Gasteiger partial charge in [-0.1, -0.05) is 6.07 Å². The summed E-state index contributed by atoms with van der Waals surface area (Å²) in [5, 5.41) is 3.47. The Morgan fingerprint density at radius 3 is 2.56 bits per heavy atom. The molecular formula is C19H34IN5O2. The number of methoxy groups -OCH3 is 2. The molecule has 1 aliphatic rings. The zero-order chi connectivity index (χ0) is 18.8. The number of anilines is 1. The van der Waals surface area contributed by atoms with E-state index in [2.05, 4.69) is 44.2 Å². The molecule has 0 unspecified atom stereocenters. The van der Waals surface area contributed by atoms with Crippen LogP contribution in [0.4, 0.5) is 5.69 Å². The van der Waals surface area contributed by atoms with Gasteiger partial charge in [0, 0.05) is 71.7 Å². The number of likely N-dealkylation sites (N-methyl/N-ethyl adjacent to an activating group) is 1. The van der Waals surface area contributed by atoms with Gasteiger partial charge in [0.25, 0.3) is 0 Å². The van der Waals surface area contributed by atoms with E-state index in [-0.39, 0.29) is 24.0 Å². The average Bonchev–Trinajstić information content (AvgIpc) is 2.70. The van der Waals surface area contributed by atoms with Gasteiger partial charge < -0.3 is 29.5 Å². The Morgan fingerprint density at radius 2 is 1.93 bits per heavy atom. The molecule has 1 heterocycles. The number of piperazine rings is 1. The van der Waals surface area contributed by atoms with Gasteiger partial charge in [-0.2, -0.15) is 0 Å². The SMILES string of the molecule is CN=C(NCCN(C)CCOC)N1CCN(c2cccc(OC)c2)CC1.I. The lowest BCUT2D eigenvalue weighted by molar-refractivity contribution is 0.162. The highest BCUT2D eigenvalue weighted by atomic mass is 127. The molecule has 0 aromatic heterocycles. The first-order chi connectivity index (χ1) is 12.7. The van der Waals surface area contributed by atoms with Crippen molar-refractivity contribution in [3.63, 3.8) is 0 Å². The zero-order valence-corrected chi connectivity index (χ0v) is 19.3. The van der Waals surface area contributed by atoms with Gasteiger partial charge in [-0.3, -0.25) is 4.99 Å². The molecule has 8 heteroatoms. The number of nitrogens with one attached hydrogen (secondary N) is 1. The van der Waals surface area contributed by atoms with Gasteiger partial charge in [-0.05, 0) is 19.2 Å². The molecule has 0 saturated carbocycles. The van der Waals surface area contributed by atoms with Crippen LogP contribution in [0.5, 0.6) is 5.75 Å². The van der Waals surface area contributed by atoms with Crippen molar-refractivity contribution in [2.45, 2.75) is 0 Å². The number of benzene rings is 1. The van der Waals surface area contributed by atoms with E-state index in [1.54, 1.807) is 14.2 Å². The van der Waals surface area contributed by atoms with Crippen molar-refractivity contribution in [2.24, 2.45) is 4.99 Å². The normalized spacial score (nSPS) is 14.9. The number of hydrogen-bond donors (Lipinski definition) is 1. The molecule has 0 spiro atoms. The van der Waals surface area contributed by atoms with Gasteiger partial charge >= 0.3 is 0 Å². The van der Waals surface area contributed by atoms with Crippen molar-refractivity contribution in [2.75, 3.05) is 85.6 Å². The number of nitrogens with zero attached hydrogens (tertiary/aromatic N) is 4. The van der Waals surface area contributed by atoms with Crippen molar-refractivity contribution < 1.29 is 9.47 Å². The number of ether oxygens (including phenoxy) is 2. The van der Waals surface area contributed by atoms with E-state index in [0.29, 0.717) is 0 Å². The van der Waals surface area contributed by atoms with Crippen molar-refractivity contribution >= 4 is 35.6 Å². The van der Waals surface area contributed by atoms with Crippen LogP contribution in [-0.4, -0.2) is 96.5 Å². The zero-order valence-electron chi connectivity index (χ0n) is 17.0. The second kappa shape index (κ2) is 13.0. The van der Waals surface area contributed by atoms with Crippen molar-refractivity contribution in [1.82, 2.24) is 15.1 Å². The molecule has 0 radical (unpaired) electrons. The Hall–Kier alpha value is -1.26. The summed E-state index contributed by atoms with van der Waals surface area (Å²) < 4.78 is 10.4. The van der Waals surface area contributed by atoms with E-state index in [9.17, 15) is 0 Å². The molecule has 1 aliphatic heterocycles. The lowest BCUT2D eigenvalue weighted by atomic mass is 10.2. The summed E-state index contributed by atoms with van der Waals surface area (Å²) in [6.07, 6.45) is 0. The Labute approximate surface area is 180 Å². The van der Waals surface area contributed by atoms with E-state index in [4.69, 9.17) is 9.47 Å². The van der Waals surface area contributed by atoms with Crippen LogP contribution in [0.1, 0.15) is 0 Å². The lowest BCUT2D eigenvalue weighted by Crippen LogP contribution is -2.53. The lowest BCUT2D eigenvalue weighted by Gasteiger charge is -2.37. The van der Waals surface area contributed by atoms with Crippen LogP contribution in [0.15, 0.2) is 29.3 Å². The summed E-state index contributed by atoms with van der Waals surface area (Å²) in [4.78, 5) is 11.4. The standard InChI is InChI=1S/C19H33N5O2.HI/c1-20-19(21-8-9-22(2)14-15-25-3)24-12-10-23(11-13-24)17-6-5-7-18(16-17)26-4;/h5-7,16H,8-15H2,1-4H3,(H,20,21);1H. The summed E-state index contributed by atoms with van der Waals surface area (Å²) in [5.41, 5.74) is 1.21. The summed E-state index contributed by atoms with van der Waals surface area (Å²) in [6, 6.07) is 8.26. The predicted octanol–water partition coefficient (Wildman–Crippen LogP) is 1.59. The number of aliphatic imine (C=N–C) groups is 1. The maximum Gasteiger partial charge on any atom is 0.193 e. The molecule has 0 atom stereocenters. The molecule has 1 saturated heterocycles. The van der Waals surface area contributed by atoms with Crippen LogP contribution < -0.4 is 15.0 Å². The first kappa shape index (κ1) is 23.8. The van der Waals surface area contributed by atoms with Gasteiger partial charge in [0.2, 0.25) is 0 Å². The van der Waals surface area contributed by atoms with Crippen LogP contribution in [-0.2, 0) is 4.74 Å². The summed E-state index contributed by atoms with van der Waals surface area (Å²) in [7, 11) is 7.40. The summed E-state index contributed by atoms with van der Waals surface area (Å²) >= 11 is 0. The van der Waals surface area contributed by atoms with E-state index >= 15 is 0 Å². The first-order valence-electron chi connectivity index (χ1n) is 9.20. The van der Waals surface area contributed by atoms with Gasteiger partial charge in [-0.25, -0.2) is 0 Å². The highest BCUT2D eigenvalue weighted by Crippen LogP contribution is 2.22. The predicted molar refractivity (Wildman–Crippen MR) is 123 cm³/mol. The summed E-state index contributed by atoms with van der Waals surface area (Å²) in [6.45, 7) is 7.40. The topological polar surface area (TPSA) is 52.6 Å². The van der Waals surface area contributed by atoms with Crippen LogP contribution in [0, 0.1) is 0 Å². The van der Waals surface area contributed by atoms with Gasteiger partial charge in [0.05, 0.1) is 13.7 Å². The first-order valence-corrected chi connectivity index (χ1v) is 9.20. The second-order valence-electron chi connectivity index (χ2n) is 6.45. The maximum atomic E-state index is 5.33. The minimum atomic E-state index is 0. The molecule has 1 aromatic rings. The summed E-state index contributed by atoms with van der Waals surface area (Å²) in [5.74, 6) is 1.88. The Bertz CT molecular complexity index is 565. The van der Waals surface area contributed by atoms with Crippen LogP contribution in [0.2, 0.25) is 0 Å². The third-order valence-electron chi connectivity index (χ3n) is 4.66. The number of hydrogen-bond acceptors (Lipinski definition) is 5. The second-order valence-corrected chi connectivity index (χ2v) is 6.45. The third kappa shape index (κ3) is 7.71. The largest absolute Gasteiger partial charge is 0.497 e. The van der Waals surface area contributed by atoms with Crippen LogP contribution in [0.25, 0.3) is 0 Å². The van der Waals surface area contributed by atoms with Gasteiger partial charge in [0.1, 0.15) is 5.75 Å². The fourth-order valence-corrected chi connectivity index (χ4v) is 3.03. The average molecular weight is 491 g/mol. The highest BCUT2D eigenvalue weighted by Gasteiger charge is 2.20. The van der Waals surface area contributed by atoms with Crippen molar-refractivity contribution in [3.8, 4) is 5.75 Å². The van der Waals surface area contributed by atoms with Gasteiger partial charge in [-0.15, -0.1) is 24.0 Å². The van der Waals surface area contributed by atoms with Crippen LogP contribution in [0.3, 0.4) is 0 Å². The van der Waals surface area contributed by atoms with Crippen molar-refractivity contribution in [1.29, 1.82) is 0 Å². The van der Waals surface area contributed by atoms with E-state index in [0.717, 1.165) is 64.1 Å². The Kier molecular flexibility index (Phi) is 11.5. The third-order valence-corrected chi connectivity index (χ3v) is 4.66. The van der Waals surface area contributed by atoms with E-state index < -0.39 is 0 Å². The molecule has 1 N–H and O–H groups in total. The smallest absolute Gasteiger partial charge is 0.193 e. The molecule has 7 nitrogen and oxygen atoms in total. The molecule has 0 amide bonds. The van der Waals surface area contributed by atoms with E-state index in [1.807, 2.05) is 19.2 Å². The monoisotopic (exact) mass is 491 g/mol. The maximum absolute atomic E-state index is 5.33.